The topological polar surface area (TPSA) is 60.9 Å². The van der Waals surface area contributed by atoms with E-state index >= 15 is 0 Å². The summed E-state index contributed by atoms with van der Waals surface area (Å²) in [5.41, 5.74) is 1.87. The summed E-state index contributed by atoms with van der Waals surface area (Å²) in [6.45, 7) is 3.70. The Morgan fingerprint density at radius 2 is 1.80 bits per heavy atom. The summed E-state index contributed by atoms with van der Waals surface area (Å²) in [5.74, 6) is -0.892. The molecule has 1 aromatic carbocycles. The third-order valence-electron chi connectivity index (χ3n) is 3.50. The summed E-state index contributed by atoms with van der Waals surface area (Å²) >= 11 is 0. The largest absolute Gasteiger partial charge is 0.481 e. The van der Waals surface area contributed by atoms with Gasteiger partial charge < -0.3 is 10.0 Å². The van der Waals surface area contributed by atoms with Crippen LogP contribution in [0.15, 0.2) is 24.3 Å². The van der Waals surface area contributed by atoms with Gasteiger partial charge in [0.05, 0.1) is 6.42 Å². The van der Waals surface area contributed by atoms with E-state index in [1.165, 1.54) is 0 Å². The van der Waals surface area contributed by atoms with Crippen molar-refractivity contribution in [3.8, 4) is 0 Å². The molecule has 1 aliphatic heterocycles. The van der Waals surface area contributed by atoms with E-state index in [0.29, 0.717) is 0 Å². The molecule has 1 aliphatic rings. The lowest BCUT2D eigenvalue weighted by molar-refractivity contribution is -0.136. The highest BCUT2D eigenvalue weighted by molar-refractivity contribution is 5.92. The number of hydrogen-bond donors (Lipinski definition) is 1. The number of anilines is 1. The van der Waals surface area contributed by atoms with E-state index < -0.39 is 5.97 Å². The maximum atomic E-state index is 12.5. The second-order valence-corrected chi connectivity index (χ2v) is 5.11. The van der Waals surface area contributed by atoms with Gasteiger partial charge in [-0.15, -0.1) is 0 Å². The van der Waals surface area contributed by atoms with Gasteiger partial charge in [-0.2, -0.15) is 0 Å². The quantitative estimate of drug-likeness (QED) is 0.919. The number of amides is 2. The van der Waals surface area contributed by atoms with E-state index in [0.717, 1.165) is 37.2 Å². The van der Waals surface area contributed by atoms with Crippen molar-refractivity contribution < 1.29 is 14.7 Å². The van der Waals surface area contributed by atoms with Gasteiger partial charge >= 0.3 is 12.0 Å². The number of carbonyl (C=O) groups is 2. The molecule has 5 nitrogen and oxygen atoms in total. The van der Waals surface area contributed by atoms with Crippen molar-refractivity contribution >= 4 is 17.7 Å². The van der Waals surface area contributed by atoms with Crippen LogP contribution in [0, 0.1) is 6.92 Å². The van der Waals surface area contributed by atoms with Crippen LogP contribution in [-0.4, -0.2) is 41.6 Å². The number of aryl methyl sites for hydroxylation is 1. The van der Waals surface area contributed by atoms with E-state index in [4.69, 9.17) is 5.11 Å². The van der Waals surface area contributed by atoms with Crippen LogP contribution in [-0.2, 0) is 4.79 Å². The second kappa shape index (κ2) is 6.41. The van der Waals surface area contributed by atoms with Gasteiger partial charge in [-0.05, 0) is 31.9 Å². The van der Waals surface area contributed by atoms with Crippen molar-refractivity contribution in [2.24, 2.45) is 0 Å². The average molecular weight is 276 g/mol. The van der Waals surface area contributed by atoms with Crippen LogP contribution >= 0.6 is 0 Å². The molecule has 0 spiro atoms. The summed E-state index contributed by atoms with van der Waals surface area (Å²) in [6, 6.07) is 7.50. The number of carboxylic acids is 1. The van der Waals surface area contributed by atoms with E-state index in [2.05, 4.69) is 0 Å². The lowest BCUT2D eigenvalue weighted by Gasteiger charge is -2.27. The molecule has 0 atom stereocenters. The molecule has 20 heavy (non-hydrogen) atoms. The summed E-state index contributed by atoms with van der Waals surface area (Å²) < 4.78 is 0. The molecule has 0 radical (unpaired) electrons. The first-order chi connectivity index (χ1) is 9.58. The standard InChI is InChI=1S/C15H20N2O3/c1-12-4-6-13(7-5-12)17(11-8-14(18)19)15(20)16-9-2-3-10-16/h4-7H,2-3,8-11H2,1H3,(H,18,19). The van der Waals surface area contributed by atoms with Crippen LogP contribution in [0.2, 0.25) is 0 Å². The third-order valence-corrected chi connectivity index (χ3v) is 3.50. The molecular weight excluding hydrogens is 256 g/mol. The first-order valence-electron chi connectivity index (χ1n) is 6.93. The van der Waals surface area contributed by atoms with Crippen LogP contribution in [0.4, 0.5) is 10.5 Å². The van der Waals surface area contributed by atoms with Gasteiger partial charge in [0.2, 0.25) is 0 Å². The van der Waals surface area contributed by atoms with Gasteiger partial charge in [0.1, 0.15) is 0 Å². The molecule has 1 saturated heterocycles. The minimum atomic E-state index is -0.892. The second-order valence-electron chi connectivity index (χ2n) is 5.11. The highest BCUT2D eigenvalue weighted by atomic mass is 16.4. The van der Waals surface area contributed by atoms with Crippen LogP contribution in [0.3, 0.4) is 0 Å². The molecule has 1 N–H and O–H groups in total. The fraction of sp³-hybridized carbons (Fsp3) is 0.467. The average Bonchev–Trinajstić information content (AvgIpc) is 2.94. The van der Waals surface area contributed by atoms with E-state index in [-0.39, 0.29) is 19.0 Å². The van der Waals surface area contributed by atoms with Gasteiger partial charge in [-0.3, -0.25) is 9.69 Å². The molecule has 0 bridgehead atoms. The zero-order chi connectivity index (χ0) is 14.5. The first-order valence-corrected chi connectivity index (χ1v) is 6.93. The Balaban J connectivity index is 2.16. The Kier molecular flexibility index (Phi) is 4.61. The zero-order valence-corrected chi connectivity index (χ0v) is 11.7. The summed E-state index contributed by atoms with van der Waals surface area (Å²) in [4.78, 5) is 26.6. The maximum Gasteiger partial charge on any atom is 0.324 e. The lowest BCUT2D eigenvalue weighted by Crippen LogP contribution is -2.43. The lowest BCUT2D eigenvalue weighted by atomic mass is 10.2. The number of carboxylic acid groups (broad SMARTS) is 1. The summed E-state index contributed by atoms with van der Waals surface area (Å²) in [7, 11) is 0. The number of benzene rings is 1. The Hall–Kier alpha value is -2.04. The molecule has 108 valence electrons. The zero-order valence-electron chi connectivity index (χ0n) is 11.7. The smallest absolute Gasteiger partial charge is 0.324 e. The van der Waals surface area contributed by atoms with Crippen LogP contribution in [0.5, 0.6) is 0 Å². The van der Waals surface area contributed by atoms with E-state index in [1.807, 2.05) is 31.2 Å². The molecule has 1 aromatic rings. The fourth-order valence-electron chi connectivity index (χ4n) is 2.35. The SMILES string of the molecule is Cc1ccc(N(CCC(=O)O)C(=O)N2CCCC2)cc1. The number of hydrogen-bond acceptors (Lipinski definition) is 2. The Labute approximate surface area is 118 Å². The van der Waals surface area contributed by atoms with Crippen molar-refractivity contribution in [1.82, 2.24) is 4.90 Å². The maximum absolute atomic E-state index is 12.5. The van der Waals surface area contributed by atoms with Gasteiger partial charge in [0.15, 0.2) is 0 Å². The summed E-state index contributed by atoms with van der Waals surface area (Å²) in [6.07, 6.45) is 1.99. The van der Waals surface area contributed by atoms with Crippen LogP contribution in [0.25, 0.3) is 0 Å². The van der Waals surface area contributed by atoms with Crippen molar-refractivity contribution in [2.75, 3.05) is 24.5 Å². The molecule has 1 fully saturated rings. The normalized spacial score (nSPS) is 14.3. The van der Waals surface area contributed by atoms with Gasteiger partial charge in [0, 0.05) is 25.3 Å². The number of likely N-dealkylation sites (tertiary alicyclic amines) is 1. The molecule has 2 rings (SSSR count). The van der Waals surface area contributed by atoms with Crippen molar-refractivity contribution in [3.63, 3.8) is 0 Å². The number of urea groups is 1. The molecular formula is C15H20N2O3. The highest BCUT2D eigenvalue weighted by Crippen LogP contribution is 2.19. The van der Waals surface area contributed by atoms with E-state index in [9.17, 15) is 9.59 Å². The number of nitrogens with zero attached hydrogens (tertiary/aromatic N) is 2. The van der Waals surface area contributed by atoms with Crippen molar-refractivity contribution in [3.05, 3.63) is 29.8 Å². The van der Waals surface area contributed by atoms with Gasteiger partial charge in [-0.1, -0.05) is 17.7 Å². The van der Waals surface area contributed by atoms with E-state index in [1.54, 1.807) is 9.80 Å². The molecule has 2 amide bonds. The number of aliphatic carboxylic acids is 1. The first kappa shape index (κ1) is 14.4. The summed E-state index contributed by atoms with van der Waals surface area (Å²) in [5, 5.41) is 8.85. The molecule has 1 heterocycles. The molecule has 0 saturated carbocycles. The van der Waals surface area contributed by atoms with Gasteiger partial charge in [0.25, 0.3) is 0 Å². The molecule has 0 aromatic heterocycles. The fourth-order valence-corrected chi connectivity index (χ4v) is 2.35. The minimum Gasteiger partial charge on any atom is -0.481 e. The van der Waals surface area contributed by atoms with Crippen molar-refractivity contribution in [2.45, 2.75) is 26.2 Å². The van der Waals surface area contributed by atoms with Gasteiger partial charge in [-0.25, -0.2) is 4.79 Å². The minimum absolute atomic E-state index is 0.0482. The third kappa shape index (κ3) is 3.50. The number of rotatable bonds is 4. The Morgan fingerprint density at radius 3 is 2.35 bits per heavy atom. The Morgan fingerprint density at radius 1 is 1.20 bits per heavy atom. The molecule has 0 unspecified atom stereocenters. The Bertz CT molecular complexity index is 478. The monoisotopic (exact) mass is 276 g/mol. The predicted octanol–water partition coefficient (Wildman–Crippen LogP) is 2.49. The van der Waals surface area contributed by atoms with Crippen molar-refractivity contribution in [1.29, 1.82) is 0 Å². The highest BCUT2D eigenvalue weighted by Gasteiger charge is 2.25. The number of carbonyl (C=O) groups excluding carboxylic acids is 1. The van der Waals surface area contributed by atoms with Crippen LogP contribution < -0.4 is 4.90 Å². The predicted molar refractivity (Wildman–Crippen MR) is 77.0 cm³/mol. The van der Waals surface area contributed by atoms with Crippen LogP contribution in [0.1, 0.15) is 24.8 Å². The molecule has 5 heteroatoms. The molecule has 0 aliphatic carbocycles.